The standard InChI is InChI=1S/C25H35N3O3/c1-26-23(30)21-7-5-17(6-8-21)16-28(2)22(29)4-3-9-27-24(31)25-13-18-10-19(14-25)12-20(11-18)15-25/h5-8,18-20H,3-4,9-16H2,1-2H3,(H,26,30)(H,27,31). The van der Waals surface area contributed by atoms with Crippen LogP contribution in [0.15, 0.2) is 24.3 Å². The van der Waals surface area contributed by atoms with Gasteiger partial charge in [0.25, 0.3) is 5.91 Å². The van der Waals surface area contributed by atoms with Gasteiger partial charge in [0.15, 0.2) is 0 Å². The molecule has 5 rings (SSSR count). The van der Waals surface area contributed by atoms with Crippen molar-refractivity contribution in [3.8, 4) is 0 Å². The Morgan fingerprint density at radius 2 is 1.58 bits per heavy atom. The third kappa shape index (κ3) is 4.78. The van der Waals surface area contributed by atoms with Gasteiger partial charge in [-0.05, 0) is 80.4 Å². The van der Waals surface area contributed by atoms with Crippen molar-refractivity contribution in [2.45, 2.75) is 57.9 Å². The van der Waals surface area contributed by atoms with Crippen molar-refractivity contribution in [1.82, 2.24) is 15.5 Å². The van der Waals surface area contributed by atoms with E-state index in [0.29, 0.717) is 31.5 Å². The zero-order valence-corrected chi connectivity index (χ0v) is 18.8. The summed E-state index contributed by atoms with van der Waals surface area (Å²) in [4.78, 5) is 38.8. The lowest BCUT2D eigenvalue weighted by atomic mass is 9.49. The van der Waals surface area contributed by atoms with E-state index in [0.717, 1.165) is 42.6 Å². The maximum absolute atomic E-state index is 13.0. The van der Waals surface area contributed by atoms with E-state index in [1.165, 1.54) is 19.3 Å². The maximum Gasteiger partial charge on any atom is 0.251 e. The summed E-state index contributed by atoms with van der Waals surface area (Å²) in [6.45, 7) is 1.08. The number of nitrogens with zero attached hydrogens (tertiary/aromatic N) is 1. The van der Waals surface area contributed by atoms with Gasteiger partial charge in [-0.1, -0.05) is 12.1 Å². The summed E-state index contributed by atoms with van der Waals surface area (Å²) in [6, 6.07) is 7.29. The first-order chi connectivity index (χ1) is 14.9. The number of benzene rings is 1. The molecule has 0 saturated heterocycles. The molecule has 0 radical (unpaired) electrons. The first-order valence-electron chi connectivity index (χ1n) is 11.7. The second-order valence-electron chi connectivity index (χ2n) is 10.1. The third-order valence-electron chi connectivity index (χ3n) is 7.66. The van der Waals surface area contributed by atoms with E-state index >= 15 is 0 Å². The molecule has 4 aliphatic carbocycles. The monoisotopic (exact) mass is 425 g/mol. The van der Waals surface area contributed by atoms with Crippen LogP contribution in [0, 0.1) is 23.2 Å². The zero-order valence-electron chi connectivity index (χ0n) is 18.8. The summed E-state index contributed by atoms with van der Waals surface area (Å²) in [6.07, 6.45) is 8.32. The van der Waals surface area contributed by atoms with Crippen LogP contribution in [-0.2, 0) is 16.1 Å². The Balaban J connectivity index is 1.19. The Kier molecular flexibility index (Phi) is 6.35. The molecular formula is C25H35N3O3. The fourth-order valence-electron chi connectivity index (χ4n) is 6.48. The van der Waals surface area contributed by atoms with Crippen LogP contribution >= 0.6 is 0 Å². The number of nitrogens with one attached hydrogen (secondary N) is 2. The van der Waals surface area contributed by atoms with Gasteiger partial charge in [0.2, 0.25) is 11.8 Å². The number of carbonyl (C=O) groups is 3. The Morgan fingerprint density at radius 3 is 2.13 bits per heavy atom. The van der Waals surface area contributed by atoms with Gasteiger partial charge in [-0.25, -0.2) is 0 Å². The van der Waals surface area contributed by atoms with Crippen LogP contribution in [0.25, 0.3) is 0 Å². The lowest BCUT2D eigenvalue weighted by Gasteiger charge is -2.55. The molecule has 31 heavy (non-hydrogen) atoms. The summed E-state index contributed by atoms with van der Waals surface area (Å²) in [5.74, 6) is 2.47. The lowest BCUT2D eigenvalue weighted by molar-refractivity contribution is -0.146. The van der Waals surface area contributed by atoms with E-state index in [1.54, 1.807) is 31.1 Å². The molecule has 6 nitrogen and oxygen atoms in total. The maximum atomic E-state index is 13.0. The average molecular weight is 426 g/mol. The lowest BCUT2D eigenvalue weighted by Crippen LogP contribution is -2.53. The molecule has 1 aromatic rings. The number of carbonyl (C=O) groups excluding carboxylic acids is 3. The van der Waals surface area contributed by atoms with Crippen LogP contribution in [0.4, 0.5) is 0 Å². The predicted molar refractivity (Wildman–Crippen MR) is 119 cm³/mol. The van der Waals surface area contributed by atoms with Gasteiger partial charge in [0, 0.05) is 44.6 Å². The van der Waals surface area contributed by atoms with Gasteiger partial charge in [-0.15, -0.1) is 0 Å². The summed E-state index contributed by atoms with van der Waals surface area (Å²) in [5.41, 5.74) is 1.48. The number of rotatable bonds is 8. The largest absolute Gasteiger partial charge is 0.356 e. The third-order valence-corrected chi connectivity index (χ3v) is 7.66. The van der Waals surface area contributed by atoms with Gasteiger partial charge >= 0.3 is 0 Å². The van der Waals surface area contributed by atoms with Crippen molar-refractivity contribution in [1.29, 1.82) is 0 Å². The molecule has 2 N–H and O–H groups in total. The molecule has 168 valence electrons. The molecule has 6 heteroatoms. The molecule has 0 heterocycles. The van der Waals surface area contributed by atoms with Crippen LogP contribution < -0.4 is 10.6 Å². The zero-order chi connectivity index (χ0) is 22.0. The second kappa shape index (κ2) is 9.01. The molecule has 0 spiro atoms. The molecule has 0 aromatic heterocycles. The van der Waals surface area contributed by atoms with E-state index in [2.05, 4.69) is 10.6 Å². The van der Waals surface area contributed by atoms with Gasteiger partial charge in [-0.2, -0.15) is 0 Å². The van der Waals surface area contributed by atoms with E-state index in [4.69, 9.17) is 0 Å². The fraction of sp³-hybridized carbons (Fsp3) is 0.640. The number of hydrogen-bond donors (Lipinski definition) is 2. The molecule has 0 atom stereocenters. The van der Waals surface area contributed by atoms with Gasteiger partial charge in [0.05, 0.1) is 0 Å². The molecule has 0 unspecified atom stereocenters. The van der Waals surface area contributed by atoms with Crippen LogP contribution in [-0.4, -0.2) is 43.3 Å². The van der Waals surface area contributed by atoms with Crippen molar-refractivity contribution in [3.63, 3.8) is 0 Å². The Labute approximate surface area is 185 Å². The number of hydrogen-bond acceptors (Lipinski definition) is 3. The van der Waals surface area contributed by atoms with Crippen molar-refractivity contribution in [2.24, 2.45) is 23.2 Å². The highest BCUT2D eigenvalue weighted by Gasteiger charge is 2.54. The topological polar surface area (TPSA) is 78.5 Å². The normalized spacial score (nSPS) is 28.3. The van der Waals surface area contributed by atoms with Crippen molar-refractivity contribution in [3.05, 3.63) is 35.4 Å². The SMILES string of the molecule is CNC(=O)c1ccc(CN(C)C(=O)CCCNC(=O)C23CC4CC(CC(C4)C2)C3)cc1. The van der Waals surface area contributed by atoms with Gasteiger partial charge in [0.1, 0.15) is 0 Å². The highest BCUT2D eigenvalue weighted by atomic mass is 16.2. The Morgan fingerprint density at radius 1 is 1.00 bits per heavy atom. The van der Waals surface area contributed by atoms with Crippen LogP contribution in [0.1, 0.15) is 67.3 Å². The molecule has 4 aliphatic rings. The molecule has 0 aliphatic heterocycles. The Hall–Kier alpha value is -2.37. The molecule has 4 saturated carbocycles. The molecule has 4 bridgehead atoms. The first-order valence-corrected chi connectivity index (χ1v) is 11.7. The van der Waals surface area contributed by atoms with Crippen molar-refractivity contribution in [2.75, 3.05) is 20.6 Å². The van der Waals surface area contributed by atoms with Crippen LogP contribution in [0.5, 0.6) is 0 Å². The summed E-state index contributed by atoms with van der Waals surface area (Å²) in [7, 11) is 3.40. The van der Waals surface area contributed by atoms with Crippen LogP contribution in [0.2, 0.25) is 0 Å². The number of amides is 3. The summed E-state index contributed by atoms with van der Waals surface area (Å²) < 4.78 is 0. The van der Waals surface area contributed by atoms with Crippen molar-refractivity contribution >= 4 is 17.7 Å². The van der Waals surface area contributed by atoms with E-state index in [1.807, 2.05) is 12.1 Å². The molecule has 3 amide bonds. The van der Waals surface area contributed by atoms with E-state index in [-0.39, 0.29) is 23.1 Å². The average Bonchev–Trinajstić information content (AvgIpc) is 2.75. The Bertz CT molecular complexity index is 798. The minimum Gasteiger partial charge on any atom is -0.356 e. The summed E-state index contributed by atoms with van der Waals surface area (Å²) in [5, 5.41) is 5.76. The highest BCUT2D eigenvalue weighted by Crippen LogP contribution is 2.60. The summed E-state index contributed by atoms with van der Waals surface area (Å²) >= 11 is 0. The molecule has 4 fully saturated rings. The van der Waals surface area contributed by atoms with Crippen molar-refractivity contribution < 1.29 is 14.4 Å². The fourth-order valence-corrected chi connectivity index (χ4v) is 6.48. The van der Waals surface area contributed by atoms with E-state index < -0.39 is 0 Å². The quantitative estimate of drug-likeness (QED) is 0.628. The van der Waals surface area contributed by atoms with Gasteiger partial charge < -0.3 is 15.5 Å². The van der Waals surface area contributed by atoms with Crippen LogP contribution in [0.3, 0.4) is 0 Å². The predicted octanol–water partition coefficient (Wildman–Crippen LogP) is 3.12. The highest BCUT2D eigenvalue weighted by molar-refractivity contribution is 5.93. The smallest absolute Gasteiger partial charge is 0.251 e. The minimum atomic E-state index is -0.119. The second-order valence-corrected chi connectivity index (χ2v) is 10.1. The van der Waals surface area contributed by atoms with E-state index in [9.17, 15) is 14.4 Å². The minimum absolute atomic E-state index is 0.0689. The molecular weight excluding hydrogens is 390 g/mol. The van der Waals surface area contributed by atoms with Gasteiger partial charge in [-0.3, -0.25) is 14.4 Å². The molecule has 1 aromatic carbocycles. The first kappa shape index (κ1) is 21.8.